The van der Waals surface area contributed by atoms with E-state index in [-0.39, 0.29) is 16.8 Å². The Morgan fingerprint density at radius 1 is 1.14 bits per heavy atom. The van der Waals surface area contributed by atoms with Gasteiger partial charge in [-0.05, 0) is 30.3 Å². The minimum Gasteiger partial charge on any atom is -0.321 e. The summed E-state index contributed by atoms with van der Waals surface area (Å²) in [6.45, 7) is 0. The zero-order chi connectivity index (χ0) is 14.7. The van der Waals surface area contributed by atoms with Crippen LogP contribution in [0.2, 0.25) is 5.15 Å². The van der Waals surface area contributed by atoms with Crippen LogP contribution in [0.3, 0.4) is 0 Å². The monoisotopic (exact) mass is 298 g/mol. The topological polar surface area (TPSA) is 70.7 Å². The molecule has 0 atom stereocenters. The van der Waals surface area contributed by atoms with Crippen LogP contribution in [0, 0.1) is 0 Å². The standard InChI is InChI=1S/C15H11ClN4O/c16-14-6-2-5-13(19-14)15(21)18-11-4-1-3-10(9-11)12-7-8-17-20-12/h1-9H,(H,17,20)(H,18,21). The number of nitrogens with one attached hydrogen (secondary N) is 2. The minimum atomic E-state index is -0.306. The maximum absolute atomic E-state index is 12.1. The average Bonchev–Trinajstić information content (AvgIpc) is 3.02. The summed E-state index contributed by atoms with van der Waals surface area (Å²) in [5.74, 6) is -0.306. The first-order chi connectivity index (χ1) is 10.2. The zero-order valence-electron chi connectivity index (χ0n) is 10.9. The Balaban J connectivity index is 1.82. The van der Waals surface area contributed by atoms with Gasteiger partial charge in [0, 0.05) is 17.4 Å². The van der Waals surface area contributed by atoms with Crippen molar-refractivity contribution in [2.45, 2.75) is 0 Å². The van der Waals surface area contributed by atoms with E-state index in [0.29, 0.717) is 5.69 Å². The second-order valence-corrected chi connectivity index (χ2v) is 4.74. The summed E-state index contributed by atoms with van der Waals surface area (Å²) in [6.07, 6.45) is 1.68. The second-order valence-electron chi connectivity index (χ2n) is 4.35. The highest BCUT2D eigenvalue weighted by Gasteiger charge is 2.09. The Bertz CT molecular complexity index is 771. The molecule has 104 valence electrons. The van der Waals surface area contributed by atoms with Crippen LogP contribution in [0.5, 0.6) is 0 Å². The molecule has 0 saturated heterocycles. The summed E-state index contributed by atoms with van der Waals surface area (Å²) < 4.78 is 0. The molecule has 0 fully saturated rings. The van der Waals surface area contributed by atoms with Gasteiger partial charge in [-0.3, -0.25) is 9.89 Å². The SMILES string of the molecule is O=C(Nc1cccc(-c2ccn[nH]2)c1)c1cccc(Cl)n1. The highest BCUT2D eigenvalue weighted by molar-refractivity contribution is 6.29. The molecule has 6 heteroatoms. The van der Waals surface area contributed by atoms with Gasteiger partial charge in [-0.1, -0.05) is 29.8 Å². The van der Waals surface area contributed by atoms with E-state index in [1.165, 1.54) is 0 Å². The Morgan fingerprint density at radius 2 is 2.00 bits per heavy atom. The first-order valence-corrected chi connectivity index (χ1v) is 6.64. The number of hydrogen-bond donors (Lipinski definition) is 2. The van der Waals surface area contributed by atoms with Crippen molar-refractivity contribution in [1.29, 1.82) is 0 Å². The van der Waals surface area contributed by atoms with E-state index in [0.717, 1.165) is 11.3 Å². The number of aromatic amines is 1. The van der Waals surface area contributed by atoms with Gasteiger partial charge in [-0.2, -0.15) is 5.10 Å². The summed E-state index contributed by atoms with van der Waals surface area (Å²) in [4.78, 5) is 16.1. The van der Waals surface area contributed by atoms with Crippen LogP contribution >= 0.6 is 11.6 Å². The van der Waals surface area contributed by atoms with Crippen molar-refractivity contribution in [2.75, 3.05) is 5.32 Å². The van der Waals surface area contributed by atoms with Crippen molar-refractivity contribution in [3.05, 3.63) is 65.6 Å². The van der Waals surface area contributed by atoms with Crippen LogP contribution in [0.4, 0.5) is 5.69 Å². The van der Waals surface area contributed by atoms with Crippen LogP contribution in [-0.2, 0) is 0 Å². The van der Waals surface area contributed by atoms with Gasteiger partial charge in [0.1, 0.15) is 10.8 Å². The molecule has 0 aliphatic heterocycles. The smallest absolute Gasteiger partial charge is 0.274 e. The predicted molar refractivity (Wildman–Crippen MR) is 81.2 cm³/mol. The van der Waals surface area contributed by atoms with E-state index in [1.54, 1.807) is 24.4 Å². The van der Waals surface area contributed by atoms with Gasteiger partial charge in [0.15, 0.2) is 0 Å². The third-order valence-corrected chi connectivity index (χ3v) is 3.09. The molecule has 2 aromatic heterocycles. The van der Waals surface area contributed by atoms with Crippen LogP contribution in [-0.4, -0.2) is 21.1 Å². The minimum absolute atomic E-state index is 0.273. The van der Waals surface area contributed by atoms with Crippen molar-refractivity contribution < 1.29 is 4.79 Å². The molecule has 1 amide bonds. The maximum atomic E-state index is 12.1. The molecule has 1 aromatic carbocycles. The number of halogens is 1. The van der Waals surface area contributed by atoms with E-state index in [4.69, 9.17) is 11.6 Å². The van der Waals surface area contributed by atoms with E-state index in [2.05, 4.69) is 20.5 Å². The Morgan fingerprint density at radius 3 is 2.76 bits per heavy atom. The molecule has 5 nitrogen and oxygen atoms in total. The lowest BCUT2D eigenvalue weighted by molar-refractivity contribution is 0.102. The number of benzene rings is 1. The summed E-state index contributed by atoms with van der Waals surface area (Å²) in [5, 5.41) is 9.87. The summed E-state index contributed by atoms with van der Waals surface area (Å²) in [7, 11) is 0. The number of hydrogen-bond acceptors (Lipinski definition) is 3. The lowest BCUT2D eigenvalue weighted by Gasteiger charge is -2.06. The quantitative estimate of drug-likeness (QED) is 0.728. The van der Waals surface area contributed by atoms with Crippen LogP contribution in [0.1, 0.15) is 10.5 Å². The highest BCUT2D eigenvalue weighted by atomic mass is 35.5. The molecule has 3 rings (SSSR count). The molecule has 2 N–H and O–H groups in total. The average molecular weight is 299 g/mol. The molecule has 21 heavy (non-hydrogen) atoms. The fourth-order valence-corrected chi connectivity index (χ4v) is 2.07. The Labute approximate surface area is 126 Å². The van der Waals surface area contributed by atoms with E-state index < -0.39 is 0 Å². The Kier molecular flexibility index (Phi) is 3.66. The van der Waals surface area contributed by atoms with Gasteiger partial charge in [0.05, 0.1) is 5.69 Å². The number of anilines is 1. The number of aromatic nitrogens is 3. The van der Waals surface area contributed by atoms with Gasteiger partial charge in [0.25, 0.3) is 5.91 Å². The Hall–Kier alpha value is -2.66. The van der Waals surface area contributed by atoms with Crippen molar-refractivity contribution in [2.24, 2.45) is 0 Å². The zero-order valence-corrected chi connectivity index (χ0v) is 11.6. The predicted octanol–water partition coefficient (Wildman–Crippen LogP) is 3.38. The van der Waals surface area contributed by atoms with Gasteiger partial charge >= 0.3 is 0 Å². The number of carbonyl (C=O) groups excluding carboxylic acids is 1. The van der Waals surface area contributed by atoms with Crippen LogP contribution < -0.4 is 5.32 Å². The van der Waals surface area contributed by atoms with Gasteiger partial charge < -0.3 is 5.32 Å². The third kappa shape index (κ3) is 3.09. The lowest BCUT2D eigenvalue weighted by Crippen LogP contribution is -2.13. The van der Waals surface area contributed by atoms with E-state index >= 15 is 0 Å². The first kappa shape index (κ1) is 13.3. The van der Waals surface area contributed by atoms with E-state index in [9.17, 15) is 4.79 Å². The number of H-pyrrole nitrogens is 1. The molecule has 0 aliphatic carbocycles. The largest absolute Gasteiger partial charge is 0.321 e. The first-order valence-electron chi connectivity index (χ1n) is 6.26. The number of amides is 1. The van der Waals surface area contributed by atoms with Crippen molar-refractivity contribution >= 4 is 23.2 Å². The molecule has 0 radical (unpaired) electrons. The molecule has 0 unspecified atom stereocenters. The summed E-state index contributed by atoms with van der Waals surface area (Å²) >= 11 is 5.78. The van der Waals surface area contributed by atoms with Crippen molar-refractivity contribution in [3.63, 3.8) is 0 Å². The molecule has 0 spiro atoms. The molecular formula is C15H11ClN4O. The fourth-order valence-electron chi connectivity index (χ4n) is 1.91. The maximum Gasteiger partial charge on any atom is 0.274 e. The molecule has 3 aromatic rings. The molecule has 0 bridgehead atoms. The highest BCUT2D eigenvalue weighted by Crippen LogP contribution is 2.20. The number of carbonyl (C=O) groups is 1. The lowest BCUT2D eigenvalue weighted by atomic mass is 10.1. The van der Waals surface area contributed by atoms with E-state index in [1.807, 2.05) is 30.3 Å². The van der Waals surface area contributed by atoms with Gasteiger partial charge in [-0.15, -0.1) is 0 Å². The molecular weight excluding hydrogens is 288 g/mol. The van der Waals surface area contributed by atoms with Crippen molar-refractivity contribution in [3.8, 4) is 11.3 Å². The third-order valence-electron chi connectivity index (χ3n) is 2.88. The molecule has 0 saturated carbocycles. The summed E-state index contributed by atoms with van der Waals surface area (Å²) in [5.41, 5.74) is 2.76. The van der Waals surface area contributed by atoms with Crippen molar-refractivity contribution in [1.82, 2.24) is 15.2 Å². The number of nitrogens with zero attached hydrogens (tertiary/aromatic N) is 2. The fraction of sp³-hybridized carbons (Fsp3) is 0. The second kappa shape index (κ2) is 5.76. The van der Waals surface area contributed by atoms with Crippen LogP contribution in [0.25, 0.3) is 11.3 Å². The number of pyridine rings is 1. The molecule has 0 aliphatic rings. The normalized spacial score (nSPS) is 10.3. The number of rotatable bonds is 3. The molecule has 2 heterocycles. The summed E-state index contributed by atoms with van der Waals surface area (Å²) in [6, 6.07) is 14.2. The van der Waals surface area contributed by atoms with Gasteiger partial charge in [-0.25, -0.2) is 4.98 Å². The van der Waals surface area contributed by atoms with Crippen LogP contribution in [0.15, 0.2) is 54.7 Å². The van der Waals surface area contributed by atoms with Gasteiger partial charge in [0.2, 0.25) is 0 Å².